The lowest BCUT2D eigenvalue weighted by molar-refractivity contribution is -0.147. The molecule has 19 heavy (non-hydrogen) atoms. The summed E-state index contributed by atoms with van der Waals surface area (Å²) in [6.07, 6.45) is 0.0885. The first-order valence-electron chi connectivity index (χ1n) is 6.49. The van der Waals surface area contributed by atoms with Gasteiger partial charge in [0, 0.05) is 19.5 Å². The molecule has 2 atom stereocenters. The summed E-state index contributed by atoms with van der Waals surface area (Å²) < 4.78 is 5.68. The summed E-state index contributed by atoms with van der Waals surface area (Å²) in [7, 11) is 0. The van der Waals surface area contributed by atoms with Gasteiger partial charge in [-0.25, -0.2) is 0 Å². The maximum atomic E-state index is 12.4. The van der Waals surface area contributed by atoms with Crippen LogP contribution in [0, 0.1) is 0 Å². The van der Waals surface area contributed by atoms with E-state index in [4.69, 9.17) is 4.74 Å². The summed E-state index contributed by atoms with van der Waals surface area (Å²) in [6, 6.07) is 7.24. The largest absolute Gasteiger partial charge is 0.480 e. The molecule has 0 aliphatic carbocycles. The fourth-order valence-corrected chi connectivity index (χ4v) is 2.59. The molecule has 1 aromatic rings. The molecule has 0 radical (unpaired) electrons. The van der Waals surface area contributed by atoms with E-state index in [1.807, 2.05) is 24.3 Å². The van der Waals surface area contributed by atoms with E-state index < -0.39 is 12.1 Å². The van der Waals surface area contributed by atoms with Crippen molar-refractivity contribution in [3.8, 4) is 5.75 Å². The zero-order valence-corrected chi connectivity index (χ0v) is 10.8. The minimum absolute atomic E-state index is 0.0986. The van der Waals surface area contributed by atoms with Crippen LogP contribution in [0.4, 0.5) is 0 Å². The highest BCUT2D eigenvalue weighted by molar-refractivity contribution is 5.90. The van der Waals surface area contributed by atoms with Gasteiger partial charge in [-0.1, -0.05) is 18.2 Å². The van der Waals surface area contributed by atoms with Crippen molar-refractivity contribution in [1.82, 2.24) is 10.2 Å². The quantitative estimate of drug-likeness (QED) is 0.792. The van der Waals surface area contributed by atoms with Gasteiger partial charge in [-0.15, -0.1) is 0 Å². The standard InChI is InChI=1S/C14H16N2O3/c1-9-13(17)15-6-7-16(9)14(18)12-8-10-4-2-3-5-11(10)19-12/h2-5,9,12H,6-8H2,1H3,(H,15,17). The summed E-state index contributed by atoms with van der Waals surface area (Å²) in [5.41, 5.74) is 1.05. The van der Waals surface area contributed by atoms with E-state index in [-0.39, 0.29) is 11.8 Å². The van der Waals surface area contributed by atoms with Gasteiger partial charge in [0.05, 0.1) is 0 Å². The highest BCUT2D eigenvalue weighted by Gasteiger charge is 2.37. The molecule has 0 saturated carbocycles. The number of carbonyl (C=O) groups excluding carboxylic acids is 2. The summed E-state index contributed by atoms with van der Waals surface area (Å²) in [6.45, 7) is 2.80. The highest BCUT2D eigenvalue weighted by Crippen LogP contribution is 2.29. The second-order valence-corrected chi connectivity index (χ2v) is 4.92. The Morgan fingerprint density at radius 2 is 2.21 bits per heavy atom. The van der Waals surface area contributed by atoms with Crippen LogP contribution in [0.1, 0.15) is 12.5 Å². The molecule has 1 fully saturated rings. The Morgan fingerprint density at radius 3 is 3.00 bits per heavy atom. The molecule has 0 aromatic heterocycles. The number of para-hydroxylation sites is 1. The summed E-state index contributed by atoms with van der Waals surface area (Å²) in [5, 5.41) is 2.75. The predicted molar refractivity (Wildman–Crippen MR) is 68.7 cm³/mol. The lowest BCUT2D eigenvalue weighted by Gasteiger charge is -2.34. The van der Waals surface area contributed by atoms with Crippen molar-refractivity contribution in [3.63, 3.8) is 0 Å². The molecule has 1 aromatic carbocycles. The minimum atomic E-state index is -0.495. The Kier molecular flexibility index (Phi) is 2.89. The molecule has 0 bridgehead atoms. The number of hydrogen-bond acceptors (Lipinski definition) is 3. The molecule has 2 unspecified atom stereocenters. The van der Waals surface area contributed by atoms with Crippen LogP contribution in [-0.4, -0.2) is 41.9 Å². The molecule has 100 valence electrons. The zero-order chi connectivity index (χ0) is 13.4. The van der Waals surface area contributed by atoms with E-state index in [0.717, 1.165) is 11.3 Å². The normalized spacial score (nSPS) is 25.5. The molecule has 5 nitrogen and oxygen atoms in total. The molecule has 3 rings (SSSR count). The summed E-state index contributed by atoms with van der Waals surface area (Å²) in [5.74, 6) is 0.573. The van der Waals surface area contributed by atoms with Gasteiger partial charge in [-0.05, 0) is 18.6 Å². The molecule has 2 aliphatic rings. The topological polar surface area (TPSA) is 58.6 Å². The van der Waals surface area contributed by atoms with Gasteiger partial charge >= 0.3 is 0 Å². The molecule has 1 saturated heterocycles. The fourth-order valence-electron chi connectivity index (χ4n) is 2.59. The number of benzene rings is 1. The van der Waals surface area contributed by atoms with Crippen LogP contribution in [0.5, 0.6) is 5.75 Å². The van der Waals surface area contributed by atoms with Crippen molar-refractivity contribution < 1.29 is 14.3 Å². The Morgan fingerprint density at radius 1 is 1.42 bits per heavy atom. The fraction of sp³-hybridized carbons (Fsp3) is 0.429. The van der Waals surface area contributed by atoms with E-state index in [1.54, 1.807) is 11.8 Å². The number of nitrogens with zero attached hydrogens (tertiary/aromatic N) is 1. The van der Waals surface area contributed by atoms with E-state index in [2.05, 4.69) is 5.32 Å². The van der Waals surface area contributed by atoms with E-state index in [1.165, 1.54) is 0 Å². The maximum absolute atomic E-state index is 12.4. The Hall–Kier alpha value is -2.04. The zero-order valence-electron chi connectivity index (χ0n) is 10.8. The van der Waals surface area contributed by atoms with Crippen LogP contribution in [0.25, 0.3) is 0 Å². The lowest BCUT2D eigenvalue weighted by atomic mass is 10.1. The Labute approximate surface area is 111 Å². The first-order valence-corrected chi connectivity index (χ1v) is 6.49. The molecular weight excluding hydrogens is 244 g/mol. The van der Waals surface area contributed by atoms with Gasteiger partial charge in [-0.3, -0.25) is 9.59 Å². The first-order chi connectivity index (χ1) is 9.16. The number of fused-ring (bicyclic) bond motifs is 1. The number of nitrogens with one attached hydrogen (secondary N) is 1. The van der Waals surface area contributed by atoms with Gasteiger partial charge in [0.15, 0.2) is 6.10 Å². The molecule has 5 heteroatoms. The van der Waals surface area contributed by atoms with Crippen molar-refractivity contribution in [2.75, 3.05) is 13.1 Å². The third-order valence-electron chi connectivity index (χ3n) is 3.70. The smallest absolute Gasteiger partial charge is 0.264 e. The van der Waals surface area contributed by atoms with Crippen molar-refractivity contribution in [3.05, 3.63) is 29.8 Å². The van der Waals surface area contributed by atoms with Crippen LogP contribution in [0.2, 0.25) is 0 Å². The van der Waals surface area contributed by atoms with Crippen molar-refractivity contribution >= 4 is 11.8 Å². The molecule has 2 amide bonds. The molecular formula is C14H16N2O3. The second kappa shape index (κ2) is 4.57. The van der Waals surface area contributed by atoms with Gasteiger partial charge in [0.1, 0.15) is 11.8 Å². The molecule has 2 aliphatic heterocycles. The number of rotatable bonds is 1. The lowest BCUT2D eigenvalue weighted by Crippen LogP contribution is -2.58. The van der Waals surface area contributed by atoms with Gasteiger partial charge < -0.3 is 15.0 Å². The number of carbonyl (C=O) groups is 2. The predicted octanol–water partition coefficient (Wildman–Crippen LogP) is 0.337. The average molecular weight is 260 g/mol. The Bertz CT molecular complexity index is 504. The van der Waals surface area contributed by atoms with E-state index >= 15 is 0 Å². The maximum Gasteiger partial charge on any atom is 0.264 e. The van der Waals surface area contributed by atoms with Gasteiger partial charge in [0.25, 0.3) is 5.91 Å². The second-order valence-electron chi connectivity index (χ2n) is 4.92. The monoisotopic (exact) mass is 260 g/mol. The summed E-state index contributed by atoms with van der Waals surface area (Å²) in [4.78, 5) is 25.6. The third kappa shape index (κ3) is 2.05. The molecule has 2 heterocycles. The van der Waals surface area contributed by atoms with Gasteiger partial charge in [0.2, 0.25) is 5.91 Å². The number of piperazine rings is 1. The highest BCUT2D eigenvalue weighted by atomic mass is 16.5. The van der Waals surface area contributed by atoms with Crippen LogP contribution < -0.4 is 10.1 Å². The van der Waals surface area contributed by atoms with Crippen molar-refractivity contribution in [2.24, 2.45) is 0 Å². The average Bonchev–Trinajstić information content (AvgIpc) is 2.85. The number of ether oxygens (including phenoxy) is 1. The molecule has 1 N–H and O–H groups in total. The van der Waals surface area contributed by atoms with Crippen LogP contribution in [-0.2, 0) is 16.0 Å². The van der Waals surface area contributed by atoms with E-state index in [0.29, 0.717) is 19.5 Å². The summed E-state index contributed by atoms with van der Waals surface area (Å²) >= 11 is 0. The van der Waals surface area contributed by atoms with Crippen LogP contribution >= 0.6 is 0 Å². The van der Waals surface area contributed by atoms with Crippen molar-refractivity contribution in [1.29, 1.82) is 0 Å². The first kappa shape index (κ1) is 12.0. The number of amides is 2. The molecule has 0 spiro atoms. The SMILES string of the molecule is CC1C(=O)NCCN1C(=O)C1Cc2ccccc2O1. The Balaban J connectivity index is 1.74. The van der Waals surface area contributed by atoms with Gasteiger partial charge in [-0.2, -0.15) is 0 Å². The van der Waals surface area contributed by atoms with Crippen molar-refractivity contribution in [2.45, 2.75) is 25.5 Å². The third-order valence-corrected chi connectivity index (χ3v) is 3.70. The van der Waals surface area contributed by atoms with Crippen LogP contribution in [0.3, 0.4) is 0 Å². The number of hydrogen-bond donors (Lipinski definition) is 1. The van der Waals surface area contributed by atoms with Crippen LogP contribution in [0.15, 0.2) is 24.3 Å². The minimum Gasteiger partial charge on any atom is -0.480 e. The van der Waals surface area contributed by atoms with E-state index in [9.17, 15) is 9.59 Å².